The summed E-state index contributed by atoms with van der Waals surface area (Å²) in [4.78, 5) is 12.1. The van der Waals surface area contributed by atoms with Crippen molar-refractivity contribution in [3.8, 4) is 0 Å². The van der Waals surface area contributed by atoms with Crippen LogP contribution in [-0.2, 0) is 4.79 Å². The van der Waals surface area contributed by atoms with Gasteiger partial charge in [-0.25, -0.2) is 0 Å². The molecular formula is C14H26N2O. The zero-order chi connectivity index (χ0) is 12.4. The molecule has 2 aliphatic rings. The van der Waals surface area contributed by atoms with Crippen molar-refractivity contribution in [2.24, 2.45) is 5.73 Å². The molecule has 0 aromatic heterocycles. The highest BCUT2D eigenvalue weighted by Gasteiger charge is 2.34. The lowest BCUT2D eigenvalue weighted by molar-refractivity contribution is -0.124. The summed E-state index contributed by atoms with van der Waals surface area (Å²) in [5.41, 5.74) is 6.14. The van der Waals surface area contributed by atoms with Gasteiger partial charge in [0.05, 0.1) is 0 Å². The Balaban J connectivity index is 1.84. The molecule has 1 amide bonds. The van der Waals surface area contributed by atoms with Crippen molar-refractivity contribution in [2.75, 3.05) is 0 Å². The lowest BCUT2D eigenvalue weighted by atomic mass is 9.80. The minimum absolute atomic E-state index is 0.0438. The SMILES string of the molecule is CC1(NC(=O)CC2(N)CCCCC2)CCCC1. The number of nitrogens with one attached hydrogen (secondary N) is 1. The summed E-state index contributed by atoms with van der Waals surface area (Å²) in [6.45, 7) is 2.17. The maximum absolute atomic E-state index is 12.1. The molecule has 0 heterocycles. The van der Waals surface area contributed by atoms with Crippen molar-refractivity contribution in [3.63, 3.8) is 0 Å². The summed E-state index contributed by atoms with van der Waals surface area (Å²) < 4.78 is 0. The van der Waals surface area contributed by atoms with Crippen LogP contribution in [0.5, 0.6) is 0 Å². The first-order chi connectivity index (χ1) is 8.02. The number of carbonyl (C=O) groups excluding carboxylic acids is 1. The van der Waals surface area contributed by atoms with Gasteiger partial charge in [0.1, 0.15) is 0 Å². The second-order valence-electron chi connectivity index (χ2n) is 6.42. The van der Waals surface area contributed by atoms with Gasteiger partial charge in [-0.05, 0) is 32.6 Å². The third-order valence-corrected chi connectivity index (χ3v) is 4.51. The predicted molar refractivity (Wildman–Crippen MR) is 69.6 cm³/mol. The number of rotatable bonds is 3. The van der Waals surface area contributed by atoms with E-state index in [4.69, 9.17) is 5.73 Å². The van der Waals surface area contributed by atoms with Gasteiger partial charge in [-0.2, -0.15) is 0 Å². The smallest absolute Gasteiger partial charge is 0.222 e. The van der Waals surface area contributed by atoms with Crippen LogP contribution >= 0.6 is 0 Å². The van der Waals surface area contributed by atoms with E-state index in [-0.39, 0.29) is 17.0 Å². The molecule has 2 aliphatic carbocycles. The highest BCUT2D eigenvalue weighted by molar-refractivity contribution is 5.78. The van der Waals surface area contributed by atoms with Crippen molar-refractivity contribution in [1.82, 2.24) is 5.32 Å². The molecule has 0 bridgehead atoms. The number of hydrogen-bond acceptors (Lipinski definition) is 2. The van der Waals surface area contributed by atoms with Crippen LogP contribution in [0.2, 0.25) is 0 Å². The van der Waals surface area contributed by atoms with Gasteiger partial charge < -0.3 is 11.1 Å². The van der Waals surface area contributed by atoms with Crippen LogP contribution < -0.4 is 11.1 Å². The zero-order valence-electron chi connectivity index (χ0n) is 11.1. The second kappa shape index (κ2) is 4.97. The van der Waals surface area contributed by atoms with Crippen LogP contribution in [0, 0.1) is 0 Å². The van der Waals surface area contributed by atoms with Crippen molar-refractivity contribution in [2.45, 2.75) is 82.2 Å². The van der Waals surface area contributed by atoms with Gasteiger partial charge in [-0.15, -0.1) is 0 Å². The Hall–Kier alpha value is -0.570. The molecule has 98 valence electrons. The Morgan fingerprint density at radius 2 is 1.59 bits per heavy atom. The second-order valence-corrected chi connectivity index (χ2v) is 6.42. The maximum atomic E-state index is 12.1. The van der Waals surface area contributed by atoms with Gasteiger partial charge in [-0.3, -0.25) is 4.79 Å². The maximum Gasteiger partial charge on any atom is 0.222 e. The minimum Gasteiger partial charge on any atom is -0.351 e. The topological polar surface area (TPSA) is 55.1 Å². The molecule has 0 spiro atoms. The number of hydrogen-bond donors (Lipinski definition) is 2. The first kappa shape index (κ1) is 12.9. The Kier molecular flexibility index (Phi) is 3.76. The third kappa shape index (κ3) is 3.44. The molecule has 0 atom stereocenters. The third-order valence-electron chi connectivity index (χ3n) is 4.51. The van der Waals surface area contributed by atoms with Gasteiger partial charge in [0.2, 0.25) is 5.91 Å². The Morgan fingerprint density at radius 1 is 1.06 bits per heavy atom. The van der Waals surface area contributed by atoms with E-state index in [2.05, 4.69) is 12.2 Å². The van der Waals surface area contributed by atoms with Gasteiger partial charge >= 0.3 is 0 Å². The largest absolute Gasteiger partial charge is 0.351 e. The molecule has 2 fully saturated rings. The average Bonchev–Trinajstić information content (AvgIpc) is 2.64. The van der Waals surface area contributed by atoms with E-state index in [9.17, 15) is 4.79 Å². The summed E-state index contributed by atoms with van der Waals surface area (Å²) in [5, 5.41) is 3.21. The lowest BCUT2D eigenvalue weighted by Crippen LogP contribution is -2.50. The van der Waals surface area contributed by atoms with Gasteiger partial charge in [0.15, 0.2) is 0 Å². The van der Waals surface area contributed by atoms with Gasteiger partial charge in [-0.1, -0.05) is 32.1 Å². The van der Waals surface area contributed by atoms with Crippen LogP contribution in [-0.4, -0.2) is 17.0 Å². The van der Waals surface area contributed by atoms with Crippen LogP contribution in [0.4, 0.5) is 0 Å². The number of nitrogens with two attached hydrogens (primary N) is 1. The molecule has 2 saturated carbocycles. The van der Waals surface area contributed by atoms with Crippen LogP contribution in [0.1, 0.15) is 71.1 Å². The number of carbonyl (C=O) groups is 1. The molecule has 17 heavy (non-hydrogen) atoms. The molecule has 2 rings (SSSR count). The van der Waals surface area contributed by atoms with Gasteiger partial charge in [0, 0.05) is 17.5 Å². The summed E-state index contributed by atoms with van der Waals surface area (Å²) in [6, 6.07) is 0. The Labute approximate surface area is 105 Å². The molecule has 3 heteroatoms. The quantitative estimate of drug-likeness (QED) is 0.793. The molecule has 3 N–H and O–H groups in total. The predicted octanol–water partition coefficient (Wildman–Crippen LogP) is 2.49. The summed E-state index contributed by atoms with van der Waals surface area (Å²) >= 11 is 0. The van der Waals surface area contributed by atoms with E-state index in [1.165, 1.54) is 32.1 Å². The standard InChI is InChI=1S/C14H26N2O/c1-13(7-5-6-8-13)16-12(17)11-14(15)9-3-2-4-10-14/h2-11,15H2,1H3,(H,16,17). The fraction of sp³-hybridized carbons (Fsp3) is 0.929. The lowest BCUT2D eigenvalue weighted by Gasteiger charge is -2.34. The molecule has 0 aromatic rings. The Morgan fingerprint density at radius 3 is 2.18 bits per heavy atom. The van der Waals surface area contributed by atoms with E-state index in [0.717, 1.165) is 25.7 Å². The normalized spacial score (nSPS) is 26.7. The van der Waals surface area contributed by atoms with E-state index in [0.29, 0.717) is 6.42 Å². The Bertz CT molecular complexity index is 276. The zero-order valence-corrected chi connectivity index (χ0v) is 11.1. The first-order valence-electron chi connectivity index (χ1n) is 7.11. The van der Waals surface area contributed by atoms with Gasteiger partial charge in [0.25, 0.3) is 0 Å². The average molecular weight is 238 g/mol. The van der Waals surface area contributed by atoms with Crippen LogP contribution in [0.25, 0.3) is 0 Å². The molecular weight excluding hydrogens is 212 g/mol. The van der Waals surface area contributed by atoms with Crippen LogP contribution in [0.3, 0.4) is 0 Å². The highest BCUT2D eigenvalue weighted by atomic mass is 16.1. The van der Waals surface area contributed by atoms with Crippen molar-refractivity contribution in [3.05, 3.63) is 0 Å². The molecule has 0 radical (unpaired) electrons. The van der Waals surface area contributed by atoms with E-state index < -0.39 is 0 Å². The number of amides is 1. The van der Waals surface area contributed by atoms with E-state index >= 15 is 0 Å². The first-order valence-corrected chi connectivity index (χ1v) is 7.11. The van der Waals surface area contributed by atoms with Crippen molar-refractivity contribution < 1.29 is 4.79 Å². The molecule has 0 aliphatic heterocycles. The minimum atomic E-state index is -0.225. The monoisotopic (exact) mass is 238 g/mol. The summed E-state index contributed by atoms with van der Waals surface area (Å²) in [5.74, 6) is 0.166. The fourth-order valence-electron chi connectivity index (χ4n) is 3.41. The molecule has 0 saturated heterocycles. The fourth-order valence-corrected chi connectivity index (χ4v) is 3.41. The van der Waals surface area contributed by atoms with Crippen molar-refractivity contribution in [1.29, 1.82) is 0 Å². The molecule has 0 aromatic carbocycles. The summed E-state index contributed by atoms with van der Waals surface area (Å²) in [7, 11) is 0. The summed E-state index contributed by atoms with van der Waals surface area (Å²) in [6.07, 6.45) is 10.9. The van der Waals surface area contributed by atoms with E-state index in [1.54, 1.807) is 0 Å². The highest BCUT2D eigenvalue weighted by Crippen LogP contribution is 2.31. The van der Waals surface area contributed by atoms with Crippen LogP contribution in [0.15, 0.2) is 0 Å². The van der Waals surface area contributed by atoms with Crippen molar-refractivity contribution >= 4 is 5.91 Å². The van der Waals surface area contributed by atoms with E-state index in [1.807, 2.05) is 0 Å². The molecule has 3 nitrogen and oxygen atoms in total. The molecule has 0 unspecified atom stereocenters.